The summed E-state index contributed by atoms with van der Waals surface area (Å²) in [5.41, 5.74) is 2.15. The van der Waals surface area contributed by atoms with Crippen molar-refractivity contribution in [2.24, 2.45) is 0 Å². The normalized spacial score (nSPS) is 16.1. The van der Waals surface area contributed by atoms with Gasteiger partial charge in [0.1, 0.15) is 18.1 Å². The first-order valence-corrected chi connectivity index (χ1v) is 9.37. The van der Waals surface area contributed by atoms with Gasteiger partial charge in [-0.05, 0) is 41.3 Å². The molecule has 1 unspecified atom stereocenters. The summed E-state index contributed by atoms with van der Waals surface area (Å²) >= 11 is 0. The number of nitrogens with one attached hydrogen (secondary N) is 1. The van der Waals surface area contributed by atoms with Gasteiger partial charge in [-0.1, -0.05) is 30.3 Å². The molecule has 4 aromatic rings. The Morgan fingerprint density at radius 3 is 2.68 bits per heavy atom. The molecule has 3 aromatic carbocycles. The standard InChI is InChI=1S/C23H18FNO3/c24-16-5-3-4-15(12-16)10-11-25-13-20-21(27-14-25)9-8-18-17-6-1-2-7-19(17)23(26)28-22(18)20/h1-9,12H,10-11,13-14H2/p+1. The van der Waals surface area contributed by atoms with Crippen molar-refractivity contribution in [1.82, 2.24) is 0 Å². The SMILES string of the molecule is O=c1oc2c3c(ccc2c2ccccc12)OC[NH+](CCc1cccc(F)c1)C3. The Hall–Kier alpha value is -3.18. The largest absolute Gasteiger partial charge is 0.445 e. The summed E-state index contributed by atoms with van der Waals surface area (Å²) in [7, 11) is 0. The van der Waals surface area contributed by atoms with Gasteiger partial charge in [0, 0.05) is 11.8 Å². The number of benzene rings is 3. The molecule has 1 aliphatic rings. The van der Waals surface area contributed by atoms with Crippen LogP contribution < -0.4 is 15.3 Å². The van der Waals surface area contributed by atoms with E-state index in [1.165, 1.54) is 11.0 Å². The first kappa shape index (κ1) is 17.0. The van der Waals surface area contributed by atoms with Crippen molar-refractivity contribution in [3.05, 3.63) is 88.0 Å². The molecule has 0 fully saturated rings. The van der Waals surface area contributed by atoms with Gasteiger partial charge in [0.05, 0.1) is 17.5 Å². The third-order valence-corrected chi connectivity index (χ3v) is 5.36. The maximum Gasteiger partial charge on any atom is 0.344 e. The molecular formula is C23H19FNO3+. The van der Waals surface area contributed by atoms with Crippen molar-refractivity contribution in [2.75, 3.05) is 13.3 Å². The van der Waals surface area contributed by atoms with E-state index >= 15 is 0 Å². The van der Waals surface area contributed by atoms with Gasteiger partial charge in [0.25, 0.3) is 0 Å². The predicted molar refractivity (Wildman–Crippen MR) is 105 cm³/mol. The van der Waals surface area contributed by atoms with Crippen LogP contribution in [0.5, 0.6) is 5.75 Å². The van der Waals surface area contributed by atoms with Gasteiger partial charge >= 0.3 is 5.63 Å². The number of ether oxygens (including phenoxy) is 1. The minimum Gasteiger partial charge on any atom is -0.445 e. The fraction of sp³-hybridized carbons (Fsp3) is 0.174. The quantitative estimate of drug-likeness (QED) is 0.442. The third kappa shape index (κ3) is 2.94. The summed E-state index contributed by atoms with van der Waals surface area (Å²) in [4.78, 5) is 13.7. The molecule has 5 heteroatoms. The Morgan fingerprint density at radius 2 is 1.82 bits per heavy atom. The van der Waals surface area contributed by atoms with Crippen molar-refractivity contribution < 1.29 is 18.4 Å². The highest BCUT2D eigenvalue weighted by atomic mass is 19.1. The smallest absolute Gasteiger partial charge is 0.344 e. The van der Waals surface area contributed by atoms with Crippen molar-refractivity contribution in [1.29, 1.82) is 0 Å². The van der Waals surface area contributed by atoms with Crippen LogP contribution in [0.3, 0.4) is 0 Å². The van der Waals surface area contributed by atoms with Crippen LogP contribution in [0, 0.1) is 5.82 Å². The van der Waals surface area contributed by atoms with Crippen molar-refractivity contribution >= 4 is 21.7 Å². The van der Waals surface area contributed by atoms with E-state index in [9.17, 15) is 9.18 Å². The van der Waals surface area contributed by atoms with Crippen LogP contribution in [-0.4, -0.2) is 13.3 Å². The zero-order chi connectivity index (χ0) is 19.1. The van der Waals surface area contributed by atoms with E-state index in [1.807, 2.05) is 36.4 Å². The van der Waals surface area contributed by atoms with E-state index in [4.69, 9.17) is 9.15 Å². The molecule has 140 valence electrons. The third-order valence-electron chi connectivity index (χ3n) is 5.36. The molecule has 1 atom stereocenters. The number of halogens is 1. The first-order valence-electron chi connectivity index (χ1n) is 9.37. The molecule has 1 aliphatic heterocycles. The second-order valence-electron chi connectivity index (χ2n) is 7.20. The lowest BCUT2D eigenvalue weighted by atomic mass is 10.0. The Bertz CT molecular complexity index is 1250. The summed E-state index contributed by atoms with van der Waals surface area (Å²) in [5, 5.41) is 2.40. The van der Waals surface area contributed by atoms with Crippen LogP contribution in [0.2, 0.25) is 0 Å². The average molecular weight is 376 g/mol. The zero-order valence-corrected chi connectivity index (χ0v) is 15.2. The highest BCUT2D eigenvalue weighted by Crippen LogP contribution is 2.31. The highest BCUT2D eigenvalue weighted by Gasteiger charge is 2.25. The van der Waals surface area contributed by atoms with Crippen molar-refractivity contribution in [2.45, 2.75) is 13.0 Å². The fourth-order valence-electron chi connectivity index (χ4n) is 3.94. The Morgan fingerprint density at radius 1 is 0.964 bits per heavy atom. The van der Waals surface area contributed by atoms with E-state index in [-0.39, 0.29) is 11.4 Å². The second kappa shape index (κ2) is 6.77. The maximum absolute atomic E-state index is 13.4. The van der Waals surface area contributed by atoms with Crippen LogP contribution in [-0.2, 0) is 13.0 Å². The number of fused-ring (bicyclic) bond motifs is 5. The number of hydrogen-bond acceptors (Lipinski definition) is 3. The minimum atomic E-state index is -0.330. The molecule has 2 heterocycles. The molecule has 0 amide bonds. The van der Waals surface area contributed by atoms with Crippen molar-refractivity contribution in [3.8, 4) is 5.75 Å². The van der Waals surface area contributed by atoms with Gasteiger partial charge in [0.2, 0.25) is 6.73 Å². The lowest BCUT2D eigenvalue weighted by Crippen LogP contribution is -3.12. The molecule has 0 aliphatic carbocycles. The first-order chi connectivity index (χ1) is 13.7. The van der Waals surface area contributed by atoms with Crippen LogP contribution in [0.4, 0.5) is 4.39 Å². The van der Waals surface area contributed by atoms with Gasteiger partial charge in [-0.25, -0.2) is 9.18 Å². The van der Waals surface area contributed by atoms with E-state index in [2.05, 4.69) is 0 Å². The summed E-state index contributed by atoms with van der Waals surface area (Å²) in [5.74, 6) is 0.549. The molecule has 0 saturated heterocycles. The van der Waals surface area contributed by atoms with E-state index in [0.717, 1.165) is 40.6 Å². The molecular weight excluding hydrogens is 357 g/mol. The molecule has 28 heavy (non-hydrogen) atoms. The monoisotopic (exact) mass is 376 g/mol. The van der Waals surface area contributed by atoms with Gasteiger partial charge in [0.15, 0.2) is 5.58 Å². The van der Waals surface area contributed by atoms with E-state index in [1.54, 1.807) is 18.2 Å². The molecule has 0 radical (unpaired) electrons. The van der Waals surface area contributed by atoms with Gasteiger partial charge in [-0.2, -0.15) is 0 Å². The molecule has 0 spiro atoms. The van der Waals surface area contributed by atoms with Gasteiger partial charge < -0.3 is 9.15 Å². The summed E-state index contributed by atoms with van der Waals surface area (Å²) in [6, 6.07) is 18.1. The molecule has 5 rings (SSSR count). The summed E-state index contributed by atoms with van der Waals surface area (Å²) in [6.07, 6.45) is 0.753. The minimum absolute atomic E-state index is 0.215. The Kier molecular flexibility index (Phi) is 4.10. The summed E-state index contributed by atoms with van der Waals surface area (Å²) in [6.45, 7) is 2.03. The predicted octanol–water partition coefficient (Wildman–Crippen LogP) is 3.06. The zero-order valence-electron chi connectivity index (χ0n) is 15.2. The van der Waals surface area contributed by atoms with Gasteiger partial charge in [-0.15, -0.1) is 0 Å². The average Bonchev–Trinajstić information content (AvgIpc) is 2.72. The lowest BCUT2D eigenvalue weighted by Gasteiger charge is -2.26. The Labute approximate surface area is 160 Å². The molecule has 0 bridgehead atoms. The van der Waals surface area contributed by atoms with Crippen LogP contribution in [0.15, 0.2) is 69.9 Å². The molecule has 4 nitrogen and oxygen atoms in total. The maximum atomic E-state index is 13.4. The van der Waals surface area contributed by atoms with E-state index < -0.39 is 0 Å². The highest BCUT2D eigenvalue weighted by molar-refractivity contribution is 6.05. The molecule has 0 saturated carbocycles. The number of quaternary nitrogens is 1. The molecule has 1 N–H and O–H groups in total. The fourth-order valence-corrected chi connectivity index (χ4v) is 3.94. The lowest BCUT2D eigenvalue weighted by molar-refractivity contribution is -0.932. The number of rotatable bonds is 3. The topological polar surface area (TPSA) is 43.9 Å². The van der Waals surface area contributed by atoms with Crippen LogP contribution in [0.25, 0.3) is 21.7 Å². The number of hydrogen-bond donors (Lipinski definition) is 1. The van der Waals surface area contributed by atoms with Crippen LogP contribution >= 0.6 is 0 Å². The van der Waals surface area contributed by atoms with Gasteiger partial charge in [-0.3, -0.25) is 4.90 Å². The van der Waals surface area contributed by atoms with Crippen LogP contribution in [0.1, 0.15) is 11.1 Å². The second-order valence-corrected chi connectivity index (χ2v) is 7.20. The van der Waals surface area contributed by atoms with Crippen molar-refractivity contribution in [3.63, 3.8) is 0 Å². The molecule has 1 aromatic heterocycles. The van der Waals surface area contributed by atoms with E-state index in [0.29, 0.717) is 24.2 Å². The Balaban J connectivity index is 1.49. The summed E-state index contributed by atoms with van der Waals surface area (Å²) < 4.78 is 25.0.